The van der Waals surface area contributed by atoms with E-state index in [4.69, 9.17) is 9.47 Å². The highest BCUT2D eigenvalue weighted by atomic mass is 32.2. The fourth-order valence-electron chi connectivity index (χ4n) is 3.04. The van der Waals surface area contributed by atoms with E-state index in [-0.39, 0.29) is 6.04 Å². The van der Waals surface area contributed by atoms with E-state index >= 15 is 0 Å². The maximum Gasteiger partial charge on any atom is 0.211 e. The minimum Gasteiger partial charge on any atom is -0.497 e. The summed E-state index contributed by atoms with van der Waals surface area (Å²) in [7, 11) is -1.69. The summed E-state index contributed by atoms with van der Waals surface area (Å²) in [6.45, 7) is 6.57. The van der Waals surface area contributed by atoms with Crippen molar-refractivity contribution in [1.82, 2.24) is 4.31 Å². The predicted molar refractivity (Wildman–Crippen MR) is 91.5 cm³/mol. The summed E-state index contributed by atoms with van der Waals surface area (Å²) in [6.07, 6.45) is 3.71. The highest BCUT2D eigenvalue weighted by Gasteiger charge is 2.39. The van der Waals surface area contributed by atoms with Crippen LogP contribution in [0.15, 0.2) is 18.2 Å². The molecule has 0 saturated carbocycles. The number of rotatable bonds is 6. The van der Waals surface area contributed by atoms with Crippen LogP contribution < -0.4 is 9.47 Å². The molecule has 0 amide bonds. The standard InChI is InChI=1S/C17H27NO4S/c1-6-7-10-18(23(5,19)20)15-12-17(2,3)22-16-11-13(21-4)8-9-14(15)16/h8-9,11,15H,6-7,10,12H2,1-5H3. The van der Waals surface area contributed by atoms with Crippen LogP contribution in [0.5, 0.6) is 11.5 Å². The monoisotopic (exact) mass is 341 g/mol. The molecule has 1 aromatic carbocycles. The molecule has 6 heteroatoms. The fraction of sp³-hybridized carbons (Fsp3) is 0.647. The second-order valence-corrected chi connectivity index (χ2v) is 8.65. The van der Waals surface area contributed by atoms with Crippen molar-refractivity contribution < 1.29 is 17.9 Å². The van der Waals surface area contributed by atoms with Gasteiger partial charge in [-0.15, -0.1) is 0 Å². The van der Waals surface area contributed by atoms with Crippen LogP contribution in [0.1, 0.15) is 51.6 Å². The van der Waals surface area contributed by atoms with Crippen molar-refractivity contribution in [2.24, 2.45) is 0 Å². The maximum absolute atomic E-state index is 12.3. The van der Waals surface area contributed by atoms with Crippen molar-refractivity contribution in [3.05, 3.63) is 23.8 Å². The second-order valence-electron chi connectivity index (χ2n) is 6.71. The lowest BCUT2D eigenvalue weighted by molar-refractivity contribution is 0.0499. The molecule has 0 bridgehead atoms. The number of fused-ring (bicyclic) bond motifs is 1. The Morgan fingerprint density at radius 1 is 1.39 bits per heavy atom. The maximum atomic E-state index is 12.3. The average molecular weight is 341 g/mol. The number of hydrogen-bond donors (Lipinski definition) is 0. The fourth-order valence-corrected chi connectivity index (χ4v) is 4.16. The minimum absolute atomic E-state index is 0.207. The van der Waals surface area contributed by atoms with Gasteiger partial charge in [0, 0.05) is 24.6 Å². The van der Waals surface area contributed by atoms with Crippen LogP contribution in [0.2, 0.25) is 0 Å². The van der Waals surface area contributed by atoms with Gasteiger partial charge in [0.05, 0.1) is 19.4 Å². The Morgan fingerprint density at radius 2 is 2.09 bits per heavy atom. The molecule has 1 heterocycles. The Bertz CT molecular complexity index is 655. The van der Waals surface area contributed by atoms with Crippen molar-refractivity contribution in [3.63, 3.8) is 0 Å². The number of hydrogen-bond acceptors (Lipinski definition) is 4. The molecule has 0 spiro atoms. The largest absolute Gasteiger partial charge is 0.497 e. The van der Waals surface area contributed by atoms with Gasteiger partial charge in [-0.2, -0.15) is 4.31 Å². The second kappa shape index (κ2) is 6.69. The van der Waals surface area contributed by atoms with E-state index in [1.54, 1.807) is 11.4 Å². The molecule has 1 aliphatic heterocycles. The van der Waals surface area contributed by atoms with Gasteiger partial charge in [0.2, 0.25) is 10.0 Å². The Balaban J connectivity index is 2.48. The molecular formula is C17H27NO4S. The Labute approximate surface area is 139 Å². The van der Waals surface area contributed by atoms with Gasteiger partial charge in [-0.1, -0.05) is 19.4 Å². The molecule has 1 unspecified atom stereocenters. The van der Waals surface area contributed by atoms with Gasteiger partial charge >= 0.3 is 0 Å². The lowest BCUT2D eigenvalue weighted by atomic mass is 9.89. The first-order chi connectivity index (χ1) is 10.7. The van der Waals surface area contributed by atoms with E-state index in [0.29, 0.717) is 24.5 Å². The third-order valence-electron chi connectivity index (χ3n) is 4.16. The molecule has 0 aliphatic carbocycles. The topological polar surface area (TPSA) is 55.8 Å². The smallest absolute Gasteiger partial charge is 0.211 e. The quantitative estimate of drug-likeness (QED) is 0.796. The minimum atomic E-state index is -3.30. The first-order valence-corrected chi connectivity index (χ1v) is 9.86. The first kappa shape index (κ1) is 18.1. The van der Waals surface area contributed by atoms with Gasteiger partial charge in [-0.3, -0.25) is 0 Å². The van der Waals surface area contributed by atoms with E-state index in [1.165, 1.54) is 6.26 Å². The summed E-state index contributed by atoms with van der Waals surface area (Å²) in [5.41, 5.74) is 0.478. The van der Waals surface area contributed by atoms with Crippen LogP contribution in [0, 0.1) is 0 Å². The van der Waals surface area contributed by atoms with Crippen LogP contribution in [0.4, 0.5) is 0 Å². The third-order valence-corrected chi connectivity index (χ3v) is 5.45. The first-order valence-electron chi connectivity index (χ1n) is 8.01. The summed E-state index contributed by atoms with van der Waals surface area (Å²) in [4.78, 5) is 0. The Hall–Kier alpha value is -1.27. The predicted octanol–water partition coefficient (Wildman–Crippen LogP) is 3.36. The number of nitrogens with zero attached hydrogens (tertiary/aromatic N) is 1. The molecule has 1 aromatic rings. The van der Waals surface area contributed by atoms with E-state index in [9.17, 15) is 8.42 Å². The van der Waals surface area contributed by atoms with Gasteiger partial charge < -0.3 is 9.47 Å². The number of ether oxygens (including phenoxy) is 2. The zero-order valence-corrected chi connectivity index (χ0v) is 15.4. The molecule has 23 heavy (non-hydrogen) atoms. The highest BCUT2D eigenvalue weighted by molar-refractivity contribution is 7.88. The van der Waals surface area contributed by atoms with Crippen LogP contribution in [-0.4, -0.2) is 38.2 Å². The lowest BCUT2D eigenvalue weighted by Crippen LogP contribution is -2.43. The summed E-state index contributed by atoms with van der Waals surface area (Å²) in [5, 5.41) is 0. The lowest BCUT2D eigenvalue weighted by Gasteiger charge is -2.41. The van der Waals surface area contributed by atoms with Crippen molar-refractivity contribution in [2.45, 2.75) is 51.7 Å². The van der Waals surface area contributed by atoms with Crippen LogP contribution >= 0.6 is 0 Å². The summed E-state index contributed by atoms with van der Waals surface area (Å²) in [5.74, 6) is 1.41. The molecule has 2 rings (SSSR count). The van der Waals surface area contributed by atoms with E-state index in [2.05, 4.69) is 6.92 Å². The number of benzene rings is 1. The number of methoxy groups -OCH3 is 1. The van der Waals surface area contributed by atoms with Crippen molar-refractivity contribution in [2.75, 3.05) is 19.9 Å². The van der Waals surface area contributed by atoms with Crippen molar-refractivity contribution in [3.8, 4) is 11.5 Å². The van der Waals surface area contributed by atoms with E-state index in [1.807, 2.05) is 32.0 Å². The summed E-state index contributed by atoms with van der Waals surface area (Å²) in [6, 6.07) is 5.40. The van der Waals surface area contributed by atoms with E-state index < -0.39 is 15.6 Å². The molecule has 0 radical (unpaired) electrons. The van der Waals surface area contributed by atoms with Gasteiger partial charge in [-0.25, -0.2) is 8.42 Å². The van der Waals surface area contributed by atoms with Gasteiger partial charge in [0.25, 0.3) is 0 Å². The Morgan fingerprint density at radius 3 is 2.65 bits per heavy atom. The highest BCUT2D eigenvalue weighted by Crippen LogP contribution is 2.44. The van der Waals surface area contributed by atoms with Gasteiger partial charge in [0.15, 0.2) is 0 Å². The molecule has 0 N–H and O–H groups in total. The molecule has 0 saturated heterocycles. The average Bonchev–Trinajstić information content (AvgIpc) is 2.44. The molecule has 1 atom stereocenters. The van der Waals surface area contributed by atoms with Crippen LogP contribution in [0.3, 0.4) is 0 Å². The Kier molecular flexibility index (Phi) is 5.26. The summed E-state index contributed by atoms with van der Waals surface area (Å²) < 4.78 is 37.6. The molecule has 1 aliphatic rings. The van der Waals surface area contributed by atoms with Gasteiger partial charge in [-0.05, 0) is 26.3 Å². The summed E-state index contributed by atoms with van der Waals surface area (Å²) >= 11 is 0. The van der Waals surface area contributed by atoms with Crippen LogP contribution in [0.25, 0.3) is 0 Å². The molecule has 0 fully saturated rings. The van der Waals surface area contributed by atoms with Crippen molar-refractivity contribution >= 4 is 10.0 Å². The molecule has 0 aromatic heterocycles. The van der Waals surface area contributed by atoms with Gasteiger partial charge in [0.1, 0.15) is 17.1 Å². The van der Waals surface area contributed by atoms with Crippen molar-refractivity contribution in [1.29, 1.82) is 0 Å². The molecule has 130 valence electrons. The number of sulfonamides is 1. The number of unbranched alkanes of at least 4 members (excludes halogenated alkanes) is 1. The SMILES string of the molecule is CCCCN(C1CC(C)(C)Oc2cc(OC)ccc21)S(C)(=O)=O. The molecule has 5 nitrogen and oxygen atoms in total. The zero-order chi connectivity index (χ0) is 17.3. The molecular weight excluding hydrogens is 314 g/mol. The zero-order valence-electron chi connectivity index (χ0n) is 14.6. The normalized spacial score (nSPS) is 20.0. The third kappa shape index (κ3) is 4.18. The van der Waals surface area contributed by atoms with E-state index in [0.717, 1.165) is 18.4 Å². The van der Waals surface area contributed by atoms with Crippen LogP contribution in [-0.2, 0) is 10.0 Å².